The SMILES string of the molecule is COc1ccc(S(=O)(=O)N2CCCC(C(=O)NC(C)(C)c3ccc4c(c3)OCCO4)C2)cc1. The second-order valence-electron chi connectivity index (χ2n) is 8.85. The number of hydrogen-bond acceptors (Lipinski definition) is 6. The summed E-state index contributed by atoms with van der Waals surface area (Å²) in [5, 5.41) is 3.10. The molecular weight excluding hydrogens is 444 g/mol. The highest BCUT2D eigenvalue weighted by molar-refractivity contribution is 7.89. The monoisotopic (exact) mass is 474 g/mol. The lowest BCUT2D eigenvalue weighted by atomic mass is 9.91. The molecule has 2 aliphatic heterocycles. The fraction of sp³-hybridized carbons (Fsp3) is 0.458. The molecule has 178 valence electrons. The average molecular weight is 475 g/mol. The van der Waals surface area contributed by atoms with E-state index in [-0.39, 0.29) is 17.3 Å². The molecule has 1 unspecified atom stereocenters. The van der Waals surface area contributed by atoms with Crippen molar-refractivity contribution < 1.29 is 27.4 Å². The Morgan fingerprint density at radius 3 is 2.48 bits per heavy atom. The van der Waals surface area contributed by atoms with Gasteiger partial charge in [0.25, 0.3) is 0 Å². The number of carbonyl (C=O) groups is 1. The van der Waals surface area contributed by atoms with Gasteiger partial charge in [-0.25, -0.2) is 8.42 Å². The Bertz CT molecular complexity index is 1110. The Morgan fingerprint density at radius 1 is 1.09 bits per heavy atom. The van der Waals surface area contributed by atoms with Crippen molar-refractivity contribution in [2.75, 3.05) is 33.4 Å². The minimum absolute atomic E-state index is 0.150. The summed E-state index contributed by atoms with van der Waals surface area (Å²) in [6.45, 7) is 5.39. The summed E-state index contributed by atoms with van der Waals surface area (Å²) < 4.78 is 44.0. The predicted octanol–water partition coefficient (Wildman–Crippen LogP) is 2.92. The number of carbonyl (C=O) groups excluding carboxylic acids is 1. The van der Waals surface area contributed by atoms with Gasteiger partial charge in [0, 0.05) is 13.1 Å². The largest absolute Gasteiger partial charge is 0.497 e. The minimum atomic E-state index is -3.69. The van der Waals surface area contributed by atoms with E-state index in [1.165, 1.54) is 23.5 Å². The standard InChI is InChI=1S/C24H30N2O6S/c1-24(2,18-6-11-21-22(15-18)32-14-13-31-21)25-23(27)17-5-4-12-26(16-17)33(28,29)20-9-7-19(30-3)8-10-20/h6-11,15,17H,4-5,12-14,16H2,1-3H3,(H,25,27). The van der Waals surface area contributed by atoms with Gasteiger partial charge in [0.05, 0.1) is 23.5 Å². The maximum absolute atomic E-state index is 13.2. The number of amides is 1. The molecule has 1 fully saturated rings. The number of methoxy groups -OCH3 is 1. The van der Waals surface area contributed by atoms with Crippen LogP contribution in [0, 0.1) is 5.92 Å². The molecule has 0 aromatic heterocycles. The maximum Gasteiger partial charge on any atom is 0.243 e. The minimum Gasteiger partial charge on any atom is -0.497 e. The third kappa shape index (κ3) is 4.94. The lowest BCUT2D eigenvalue weighted by Gasteiger charge is -2.34. The Labute approximate surface area is 194 Å². The first-order valence-corrected chi connectivity index (χ1v) is 12.5. The van der Waals surface area contributed by atoms with Gasteiger partial charge in [-0.2, -0.15) is 4.31 Å². The van der Waals surface area contributed by atoms with Gasteiger partial charge in [0.2, 0.25) is 15.9 Å². The van der Waals surface area contributed by atoms with Crippen LogP contribution in [-0.4, -0.2) is 52.0 Å². The molecule has 33 heavy (non-hydrogen) atoms. The van der Waals surface area contributed by atoms with Crippen LogP contribution in [-0.2, 0) is 20.4 Å². The van der Waals surface area contributed by atoms with Crippen LogP contribution in [0.2, 0.25) is 0 Å². The van der Waals surface area contributed by atoms with Crippen molar-refractivity contribution in [2.45, 2.75) is 37.1 Å². The van der Waals surface area contributed by atoms with Crippen molar-refractivity contribution in [1.29, 1.82) is 0 Å². The van der Waals surface area contributed by atoms with Gasteiger partial charge in [-0.3, -0.25) is 4.79 Å². The summed E-state index contributed by atoms with van der Waals surface area (Å²) in [6.07, 6.45) is 1.26. The number of ether oxygens (including phenoxy) is 3. The van der Waals surface area contributed by atoms with E-state index >= 15 is 0 Å². The van der Waals surface area contributed by atoms with Gasteiger partial charge in [0.1, 0.15) is 19.0 Å². The molecular formula is C24H30N2O6S. The Kier molecular flexibility index (Phi) is 6.54. The van der Waals surface area contributed by atoms with Crippen LogP contribution >= 0.6 is 0 Å². The number of benzene rings is 2. The number of rotatable bonds is 6. The summed E-state index contributed by atoms with van der Waals surface area (Å²) in [7, 11) is -2.16. The van der Waals surface area contributed by atoms with Gasteiger partial charge >= 0.3 is 0 Å². The average Bonchev–Trinajstić information content (AvgIpc) is 2.83. The molecule has 0 bridgehead atoms. The van der Waals surface area contributed by atoms with Crippen molar-refractivity contribution in [3.05, 3.63) is 48.0 Å². The Hall–Kier alpha value is -2.78. The summed E-state index contributed by atoms with van der Waals surface area (Å²) in [5.41, 5.74) is 0.225. The third-order valence-electron chi connectivity index (χ3n) is 6.15. The molecule has 1 atom stereocenters. The van der Waals surface area contributed by atoms with Gasteiger partial charge in [-0.05, 0) is 68.7 Å². The number of nitrogens with one attached hydrogen (secondary N) is 1. The summed E-state index contributed by atoms with van der Waals surface area (Å²) in [6, 6.07) is 12.0. The fourth-order valence-electron chi connectivity index (χ4n) is 4.19. The maximum atomic E-state index is 13.2. The van der Waals surface area contributed by atoms with Gasteiger partial charge in [0.15, 0.2) is 11.5 Å². The van der Waals surface area contributed by atoms with Crippen LogP contribution in [0.4, 0.5) is 0 Å². The van der Waals surface area contributed by atoms with E-state index in [1.54, 1.807) is 12.1 Å². The molecule has 2 heterocycles. The van der Waals surface area contributed by atoms with Crippen molar-refractivity contribution in [1.82, 2.24) is 9.62 Å². The molecule has 2 aromatic rings. The van der Waals surface area contributed by atoms with E-state index in [4.69, 9.17) is 14.2 Å². The van der Waals surface area contributed by atoms with E-state index < -0.39 is 21.5 Å². The fourth-order valence-corrected chi connectivity index (χ4v) is 5.71. The van der Waals surface area contributed by atoms with E-state index in [1.807, 2.05) is 32.0 Å². The van der Waals surface area contributed by atoms with E-state index in [0.29, 0.717) is 49.8 Å². The van der Waals surface area contributed by atoms with E-state index in [2.05, 4.69) is 5.32 Å². The first kappa shape index (κ1) is 23.4. The summed E-state index contributed by atoms with van der Waals surface area (Å²) in [5.74, 6) is 1.35. The lowest BCUT2D eigenvalue weighted by Crippen LogP contribution is -2.49. The second kappa shape index (κ2) is 9.23. The molecule has 1 amide bonds. The van der Waals surface area contributed by atoms with Crippen molar-refractivity contribution >= 4 is 15.9 Å². The molecule has 0 spiro atoms. The van der Waals surface area contributed by atoms with E-state index in [9.17, 15) is 13.2 Å². The molecule has 0 aliphatic carbocycles. The van der Waals surface area contributed by atoms with Crippen LogP contribution < -0.4 is 19.5 Å². The zero-order valence-electron chi connectivity index (χ0n) is 19.2. The van der Waals surface area contributed by atoms with Gasteiger partial charge in [-0.1, -0.05) is 6.07 Å². The normalized spacial score (nSPS) is 19.1. The number of fused-ring (bicyclic) bond motifs is 1. The molecule has 4 rings (SSSR count). The van der Waals surface area contributed by atoms with Crippen LogP contribution in [0.3, 0.4) is 0 Å². The molecule has 9 heteroatoms. The van der Waals surface area contributed by atoms with Gasteiger partial charge < -0.3 is 19.5 Å². The number of sulfonamides is 1. The van der Waals surface area contributed by atoms with Crippen LogP contribution in [0.5, 0.6) is 17.2 Å². The van der Waals surface area contributed by atoms with Crippen molar-refractivity contribution in [3.8, 4) is 17.2 Å². The van der Waals surface area contributed by atoms with Crippen LogP contribution in [0.1, 0.15) is 32.3 Å². The quantitative estimate of drug-likeness (QED) is 0.692. The number of piperidine rings is 1. The molecule has 2 aromatic carbocycles. The molecule has 1 N–H and O–H groups in total. The topological polar surface area (TPSA) is 94.2 Å². The summed E-state index contributed by atoms with van der Waals surface area (Å²) >= 11 is 0. The van der Waals surface area contributed by atoms with E-state index in [0.717, 1.165) is 5.56 Å². The zero-order valence-corrected chi connectivity index (χ0v) is 20.0. The Morgan fingerprint density at radius 2 is 1.79 bits per heavy atom. The van der Waals surface area contributed by atoms with Crippen LogP contribution in [0.15, 0.2) is 47.4 Å². The molecule has 2 aliphatic rings. The highest BCUT2D eigenvalue weighted by atomic mass is 32.2. The third-order valence-corrected chi connectivity index (χ3v) is 8.03. The molecule has 0 radical (unpaired) electrons. The molecule has 0 saturated carbocycles. The van der Waals surface area contributed by atoms with Crippen molar-refractivity contribution in [2.24, 2.45) is 5.92 Å². The first-order valence-electron chi connectivity index (χ1n) is 11.1. The van der Waals surface area contributed by atoms with Crippen LogP contribution in [0.25, 0.3) is 0 Å². The smallest absolute Gasteiger partial charge is 0.243 e. The molecule has 1 saturated heterocycles. The highest BCUT2D eigenvalue weighted by Crippen LogP contribution is 2.34. The first-order chi connectivity index (χ1) is 15.7. The summed E-state index contributed by atoms with van der Waals surface area (Å²) in [4.78, 5) is 13.4. The second-order valence-corrected chi connectivity index (χ2v) is 10.8. The van der Waals surface area contributed by atoms with Crippen molar-refractivity contribution in [3.63, 3.8) is 0 Å². The van der Waals surface area contributed by atoms with Gasteiger partial charge in [-0.15, -0.1) is 0 Å². The number of hydrogen-bond donors (Lipinski definition) is 1. The highest BCUT2D eigenvalue weighted by Gasteiger charge is 2.35. The zero-order chi connectivity index (χ0) is 23.6. The lowest BCUT2D eigenvalue weighted by molar-refractivity contribution is -0.127. The Balaban J connectivity index is 1.46. The molecule has 8 nitrogen and oxygen atoms in total. The predicted molar refractivity (Wildman–Crippen MR) is 123 cm³/mol. The number of nitrogens with zero attached hydrogens (tertiary/aromatic N) is 1.